The highest BCUT2D eigenvalue weighted by molar-refractivity contribution is 5.46. The maximum Gasteiger partial charge on any atom is 0.131 e. The summed E-state index contributed by atoms with van der Waals surface area (Å²) in [6.45, 7) is 7.48. The van der Waals surface area contributed by atoms with Gasteiger partial charge < -0.3 is 15.7 Å². The van der Waals surface area contributed by atoms with Gasteiger partial charge in [0.15, 0.2) is 0 Å². The van der Waals surface area contributed by atoms with Crippen molar-refractivity contribution in [3.63, 3.8) is 0 Å². The first-order valence-corrected chi connectivity index (χ1v) is 6.65. The molecule has 0 saturated carbocycles. The van der Waals surface area contributed by atoms with Crippen LogP contribution in [0, 0.1) is 0 Å². The number of aromatic nitrogens is 2. The zero-order valence-corrected chi connectivity index (χ0v) is 11.5. The third-order valence-corrected chi connectivity index (χ3v) is 3.14. The highest BCUT2D eigenvalue weighted by Gasteiger charge is 2.21. The Morgan fingerprint density at radius 1 is 1.11 bits per heavy atom. The minimum atomic E-state index is -0.665. The number of rotatable bonds is 8. The molecule has 0 spiro atoms. The van der Waals surface area contributed by atoms with Crippen molar-refractivity contribution < 1.29 is 5.11 Å². The Morgan fingerprint density at radius 2 is 1.72 bits per heavy atom. The molecule has 5 heteroatoms. The summed E-state index contributed by atoms with van der Waals surface area (Å²) in [5.41, 5.74) is -0.665. The van der Waals surface area contributed by atoms with E-state index in [1.165, 1.54) is 6.33 Å². The van der Waals surface area contributed by atoms with E-state index in [1.807, 2.05) is 19.9 Å². The molecule has 0 fully saturated rings. The lowest BCUT2D eigenvalue weighted by Crippen LogP contribution is -2.35. The van der Waals surface area contributed by atoms with Crippen molar-refractivity contribution in [1.29, 1.82) is 0 Å². The molecular weight excluding hydrogens is 228 g/mol. The topological polar surface area (TPSA) is 70.1 Å². The lowest BCUT2D eigenvalue weighted by molar-refractivity contribution is 0.0456. The first kappa shape index (κ1) is 14.7. The van der Waals surface area contributed by atoms with Gasteiger partial charge in [0.25, 0.3) is 0 Å². The molecule has 0 aromatic carbocycles. The Morgan fingerprint density at radius 3 is 2.28 bits per heavy atom. The predicted molar refractivity (Wildman–Crippen MR) is 74.8 cm³/mol. The fraction of sp³-hybridized carbons (Fsp3) is 0.692. The zero-order chi connectivity index (χ0) is 13.4. The van der Waals surface area contributed by atoms with Gasteiger partial charge in [-0.3, -0.25) is 0 Å². The van der Waals surface area contributed by atoms with E-state index >= 15 is 0 Å². The second kappa shape index (κ2) is 7.16. The van der Waals surface area contributed by atoms with Crippen LogP contribution in [0.4, 0.5) is 11.6 Å². The van der Waals surface area contributed by atoms with E-state index in [1.54, 1.807) is 0 Å². The van der Waals surface area contributed by atoms with Crippen molar-refractivity contribution >= 4 is 11.6 Å². The molecule has 0 radical (unpaired) electrons. The third kappa shape index (κ3) is 4.49. The Bertz CT molecular complexity index is 353. The number of hydrogen-bond donors (Lipinski definition) is 3. The van der Waals surface area contributed by atoms with E-state index in [0.29, 0.717) is 6.54 Å². The normalized spacial score (nSPS) is 11.3. The van der Waals surface area contributed by atoms with Gasteiger partial charge in [0.1, 0.15) is 18.0 Å². The van der Waals surface area contributed by atoms with Gasteiger partial charge in [0, 0.05) is 19.2 Å². The molecule has 0 aliphatic rings. The van der Waals surface area contributed by atoms with Crippen LogP contribution in [0.25, 0.3) is 0 Å². The largest absolute Gasteiger partial charge is 0.388 e. The summed E-state index contributed by atoms with van der Waals surface area (Å²) in [4.78, 5) is 8.28. The van der Waals surface area contributed by atoms with Crippen LogP contribution in [0.3, 0.4) is 0 Å². The fourth-order valence-electron chi connectivity index (χ4n) is 1.56. The third-order valence-electron chi connectivity index (χ3n) is 3.14. The molecule has 0 atom stereocenters. The molecule has 102 valence electrons. The van der Waals surface area contributed by atoms with Crippen LogP contribution in [0.15, 0.2) is 12.4 Å². The lowest BCUT2D eigenvalue weighted by atomic mass is 9.98. The molecular formula is C13H24N4O. The van der Waals surface area contributed by atoms with E-state index in [2.05, 4.69) is 27.5 Å². The molecule has 1 aromatic rings. The summed E-state index contributed by atoms with van der Waals surface area (Å²) in [6, 6.07) is 1.86. The molecule has 18 heavy (non-hydrogen) atoms. The molecule has 3 N–H and O–H groups in total. The summed E-state index contributed by atoms with van der Waals surface area (Å²) in [7, 11) is 0. The van der Waals surface area contributed by atoms with Crippen LogP contribution >= 0.6 is 0 Å². The van der Waals surface area contributed by atoms with Crippen LogP contribution in [0.5, 0.6) is 0 Å². The summed E-state index contributed by atoms with van der Waals surface area (Å²) in [6.07, 6.45) is 4.03. The van der Waals surface area contributed by atoms with Gasteiger partial charge in [-0.2, -0.15) is 0 Å². The van der Waals surface area contributed by atoms with Crippen molar-refractivity contribution in [2.24, 2.45) is 0 Å². The lowest BCUT2D eigenvalue weighted by Gasteiger charge is -2.25. The summed E-state index contributed by atoms with van der Waals surface area (Å²) in [5, 5.41) is 16.5. The molecule has 0 saturated heterocycles. The summed E-state index contributed by atoms with van der Waals surface area (Å²) >= 11 is 0. The molecule has 1 heterocycles. The SMILES string of the molecule is CCCNc1cc(NCC(O)(CC)CC)ncn1. The van der Waals surface area contributed by atoms with E-state index in [4.69, 9.17) is 0 Å². The van der Waals surface area contributed by atoms with Crippen LogP contribution in [-0.4, -0.2) is 33.8 Å². The highest BCUT2D eigenvalue weighted by atomic mass is 16.3. The maximum absolute atomic E-state index is 10.2. The Balaban J connectivity index is 2.56. The van der Waals surface area contributed by atoms with Gasteiger partial charge in [-0.05, 0) is 19.3 Å². The van der Waals surface area contributed by atoms with Crippen molar-refractivity contribution in [2.45, 2.75) is 45.6 Å². The standard InChI is InChI=1S/C13H24N4O/c1-4-7-14-11-8-12(17-10-16-11)15-9-13(18,5-2)6-3/h8,10,18H,4-7,9H2,1-3H3,(H2,14,15,16,17). The monoisotopic (exact) mass is 252 g/mol. The first-order valence-electron chi connectivity index (χ1n) is 6.65. The van der Waals surface area contributed by atoms with Crippen molar-refractivity contribution in [3.05, 3.63) is 12.4 Å². The van der Waals surface area contributed by atoms with Gasteiger partial charge >= 0.3 is 0 Å². The van der Waals surface area contributed by atoms with Gasteiger partial charge in [-0.1, -0.05) is 20.8 Å². The van der Waals surface area contributed by atoms with Gasteiger partial charge in [0.05, 0.1) is 5.60 Å². The number of nitrogens with one attached hydrogen (secondary N) is 2. The van der Waals surface area contributed by atoms with E-state index in [9.17, 15) is 5.11 Å². The Kier molecular flexibility index (Phi) is 5.85. The number of anilines is 2. The fourth-order valence-corrected chi connectivity index (χ4v) is 1.56. The van der Waals surface area contributed by atoms with E-state index in [0.717, 1.165) is 37.4 Å². The van der Waals surface area contributed by atoms with Gasteiger partial charge in [-0.25, -0.2) is 9.97 Å². The molecule has 0 unspecified atom stereocenters. The molecule has 0 bridgehead atoms. The van der Waals surface area contributed by atoms with Gasteiger partial charge in [0.2, 0.25) is 0 Å². The smallest absolute Gasteiger partial charge is 0.131 e. The Hall–Kier alpha value is -1.36. The average Bonchev–Trinajstić information content (AvgIpc) is 2.43. The van der Waals surface area contributed by atoms with Gasteiger partial charge in [-0.15, -0.1) is 0 Å². The molecule has 0 amide bonds. The minimum Gasteiger partial charge on any atom is -0.388 e. The quantitative estimate of drug-likeness (QED) is 0.662. The van der Waals surface area contributed by atoms with Crippen LogP contribution in [-0.2, 0) is 0 Å². The molecule has 0 aliphatic heterocycles. The number of nitrogens with zero attached hydrogens (tertiary/aromatic N) is 2. The second-order valence-electron chi connectivity index (χ2n) is 4.50. The summed E-state index contributed by atoms with van der Waals surface area (Å²) in [5.74, 6) is 1.55. The van der Waals surface area contributed by atoms with E-state index < -0.39 is 5.60 Å². The van der Waals surface area contributed by atoms with Crippen molar-refractivity contribution in [3.8, 4) is 0 Å². The number of aliphatic hydroxyl groups is 1. The van der Waals surface area contributed by atoms with Crippen molar-refractivity contribution in [2.75, 3.05) is 23.7 Å². The minimum absolute atomic E-state index is 0.504. The summed E-state index contributed by atoms with van der Waals surface area (Å²) < 4.78 is 0. The zero-order valence-electron chi connectivity index (χ0n) is 11.5. The van der Waals surface area contributed by atoms with Crippen LogP contribution in [0.2, 0.25) is 0 Å². The maximum atomic E-state index is 10.2. The van der Waals surface area contributed by atoms with E-state index in [-0.39, 0.29) is 0 Å². The van der Waals surface area contributed by atoms with Crippen LogP contribution in [0.1, 0.15) is 40.0 Å². The highest BCUT2D eigenvalue weighted by Crippen LogP contribution is 2.16. The first-order chi connectivity index (χ1) is 8.63. The molecule has 1 rings (SSSR count). The Labute approximate surface area is 109 Å². The average molecular weight is 252 g/mol. The number of hydrogen-bond acceptors (Lipinski definition) is 5. The molecule has 1 aromatic heterocycles. The van der Waals surface area contributed by atoms with Crippen molar-refractivity contribution in [1.82, 2.24) is 9.97 Å². The van der Waals surface area contributed by atoms with Crippen LogP contribution < -0.4 is 10.6 Å². The molecule has 5 nitrogen and oxygen atoms in total. The predicted octanol–water partition coefficient (Wildman–Crippen LogP) is 2.26. The molecule has 0 aliphatic carbocycles. The second-order valence-corrected chi connectivity index (χ2v) is 4.50.